The molecule has 2 amide bonds. The van der Waals surface area contributed by atoms with Gasteiger partial charge in [0.15, 0.2) is 0 Å². The zero-order valence-corrected chi connectivity index (χ0v) is 17.2. The summed E-state index contributed by atoms with van der Waals surface area (Å²) in [6, 6.07) is 25.1. The quantitative estimate of drug-likeness (QED) is 0.423. The standard InChI is InChI=1S/C23H20BrN3O2/c24-20-13-11-18(12-14-20)16-25-27-23(29)21(15-17-7-3-1-4-8-17)26-22(28)19-9-5-2-6-10-19/h1-14,16,21H,15H2,(H,26,28)(H,27,29)/b25-16-/t21-/m1/s1. The number of halogens is 1. The Morgan fingerprint density at radius 1 is 0.897 bits per heavy atom. The van der Waals surface area contributed by atoms with E-state index in [0.717, 1.165) is 15.6 Å². The number of hydrazone groups is 1. The van der Waals surface area contributed by atoms with E-state index in [2.05, 4.69) is 31.8 Å². The maximum absolute atomic E-state index is 12.7. The molecule has 0 unspecified atom stereocenters. The number of rotatable bonds is 7. The second kappa shape index (κ2) is 10.3. The third-order valence-electron chi connectivity index (χ3n) is 4.20. The molecule has 0 bridgehead atoms. The second-order valence-corrected chi connectivity index (χ2v) is 7.28. The monoisotopic (exact) mass is 449 g/mol. The van der Waals surface area contributed by atoms with Crippen LogP contribution in [0.2, 0.25) is 0 Å². The molecule has 0 aliphatic rings. The fraction of sp³-hybridized carbons (Fsp3) is 0.0870. The van der Waals surface area contributed by atoms with Gasteiger partial charge in [0.05, 0.1) is 6.21 Å². The number of carbonyl (C=O) groups is 2. The highest BCUT2D eigenvalue weighted by molar-refractivity contribution is 9.10. The Balaban J connectivity index is 1.70. The molecule has 1 atom stereocenters. The summed E-state index contributed by atoms with van der Waals surface area (Å²) in [6.45, 7) is 0. The first-order chi connectivity index (χ1) is 14.1. The van der Waals surface area contributed by atoms with Crippen LogP contribution in [0, 0.1) is 0 Å². The van der Waals surface area contributed by atoms with Crippen LogP contribution in [0.15, 0.2) is 94.5 Å². The molecule has 0 aliphatic heterocycles. The molecule has 0 fully saturated rings. The highest BCUT2D eigenvalue weighted by Gasteiger charge is 2.21. The van der Waals surface area contributed by atoms with E-state index in [1.165, 1.54) is 0 Å². The molecule has 29 heavy (non-hydrogen) atoms. The molecule has 0 aromatic heterocycles. The van der Waals surface area contributed by atoms with Gasteiger partial charge in [0.1, 0.15) is 6.04 Å². The fourth-order valence-corrected chi connectivity index (χ4v) is 2.95. The molecular weight excluding hydrogens is 430 g/mol. The SMILES string of the molecule is O=C(N[C@H](Cc1ccccc1)C(=O)N/N=C\c1ccc(Br)cc1)c1ccccc1. The van der Waals surface area contributed by atoms with Crippen molar-refractivity contribution in [3.63, 3.8) is 0 Å². The molecule has 3 aromatic rings. The lowest BCUT2D eigenvalue weighted by Crippen LogP contribution is -2.46. The van der Waals surface area contributed by atoms with Crippen LogP contribution in [0.25, 0.3) is 0 Å². The third-order valence-corrected chi connectivity index (χ3v) is 4.73. The smallest absolute Gasteiger partial charge is 0.262 e. The minimum absolute atomic E-state index is 0.307. The minimum atomic E-state index is -0.757. The van der Waals surface area contributed by atoms with Crippen molar-refractivity contribution in [1.29, 1.82) is 0 Å². The molecule has 5 nitrogen and oxygen atoms in total. The maximum atomic E-state index is 12.7. The first-order valence-electron chi connectivity index (χ1n) is 9.10. The molecule has 0 saturated carbocycles. The van der Waals surface area contributed by atoms with E-state index in [-0.39, 0.29) is 11.8 Å². The van der Waals surface area contributed by atoms with E-state index in [1.807, 2.05) is 60.7 Å². The molecule has 0 saturated heterocycles. The van der Waals surface area contributed by atoms with E-state index in [1.54, 1.807) is 30.5 Å². The molecule has 3 rings (SSSR count). The van der Waals surface area contributed by atoms with Crippen molar-refractivity contribution in [3.05, 3.63) is 106 Å². The van der Waals surface area contributed by atoms with Crippen LogP contribution in [0.5, 0.6) is 0 Å². The Morgan fingerprint density at radius 2 is 1.52 bits per heavy atom. The minimum Gasteiger partial charge on any atom is -0.340 e. The Hall–Kier alpha value is -3.25. The third kappa shape index (κ3) is 6.40. The van der Waals surface area contributed by atoms with Gasteiger partial charge in [-0.1, -0.05) is 76.6 Å². The number of nitrogens with one attached hydrogen (secondary N) is 2. The van der Waals surface area contributed by atoms with Crippen LogP contribution >= 0.6 is 15.9 Å². The van der Waals surface area contributed by atoms with Crippen molar-refractivity contribution in [2.75, 3.05) is 0 Å². The molecule has 3 aromatic carbocycles. The van der Waals surface area contributed by atoms with Gasteiger partial charge in [-0.05, 0) is 35.4 Å². The number of amides is 2. The molecule has 0 spiro atoms. The van der Waals surface area contributed by atoms with Crippen LogP contribution in [-0.4, -0.2) is 24.1 Å². The van der Waals surface area contributed by atoms with Gasteiger partial charge in [0.25, 0.3) is 11.8 Å². The van der Waals surface area contributed by atoms with Crippen LogP contribution < -0.4 is 10.7 Å². The summed E-state index contributed by atoms with van der Waals surface area (Å²) in [5, 5.41) is 6.83. The summed E-state index contributed by atoms with van der Waals surface area (Å²) in [7, 11) is 0. The Bertz CT molecular complexity index is 974. The van der Waals surface area contributed by atoms with Gasteiger partial charge in [-0.2, -0.15) is 5.10 Å². The van der Waals surface area contributed by atoms with E-state index in [4.69, 9.17) is 0 Å². The van der Waals surface area contributed by atoms with Gasteiger partial charge in [-0.25, -0.2) is 5.43 Å². The highest BCUT2D eigenvalue weighted by atomic mass is 79.9. The van der Waals surface area contributed by atoms with Crippen LogP contribution in [0.1, 0.15) is 21.5 Å². The fourth-order valence-electron chi connectivity index (χ4n) is 2.69. The van der Waals surface area contributed by atoms with Crippen LogP contribution in [0.4, 0.5) is 0 Å². The van der Waals surface area contributed by atoms with Gasteiger partial charge in [-0.15, -0.1) is 0 Å². The van der Waals surface area contributed by atoms with Crippen molar-refractivity contribution in [2.24, 2.45) is 5.10 Å². The summed E-state index contributed by atoms with van der Waals surface area (Å²) in [6.07, 6.45) is 1.92. The summed E-state index contributed by atoms with van der Waals surface area (Å²) in [5.74, 6) is -0.690. The molecular formula is C23H20BrN3O2. The van der Waals surface area contributed by atoms with Crippen molar-refractivity contribution in [2.45, 2.75) is 12.5 Å². The normalized spacial score (nSPS) is 11.8. The van der Waals surface area contributed by atoms with Crippen molar-refractivity contribution >= 4 is 34.0 Å². The van der Waals surface area contributed by atoms with E-state index in [9.17, 15) is 9.59 Å². The Kier molecular flexibility index (Phi) is 7.30. The number of carbonyl (C=O) groups excluding carboxylic acids is 2. The zero-order chi connectivity index (χ0) is 20.5. The van der Waals surface area contributed by atoms with Crippen molar-refractivity contribution in [1.82, 2.24) is 10.7 Å². The average molecular weight is 450 g/mol. The lowest BCUT2D eigenvalue weighted by atomic mass is 10.0. The van der Waals surface area contributed by atoms with Crippen molar-refractivity contribution < 1.29 is 9.59 Å². The number of benzene rings is 3. The topological polar surface area (TPSA) is 70.6 Å². The first kappa shape index (κ1) is 20.5. The molecule has 0 aliphatic carbocycles. The second-order valence-electron chi connectivity index (χ2n) is 6.37. The van der Waals surface area contributed by atoms with E-state index >= 15 is 0 Å². The van der Waals surface area contributed by atoms with E-state index in [0.29, 0.717) is 12.0 Å². The summed E-state index contributed by atoms with van der Waals surface area (Å²) >= 11 is 3.38. The highest BCUT2D eigenvalue weighted by Crippen LogP contribution is 2.09. The summed E-state index contributed by atoms with van der Waals surface area (Å²) in [5.41, 5.74) is 4.82. The first-order valence-corrected chi connectivity index (χ1v) is 9.89. The number of hydrogen-bond acceptors (Lipinski definition) is 3. The van der Waals surface area contributed by atoms with Gasteiger partial charge in [0, 0.05) is 16.5 Å². The maximum Gasteiger partial charge on any atom is 0.262 e. The molecule has 0 radical (unpaired) electrons. The van der Waals surface area contributed by atoms with Gasteiger partial charge in [-0.3, -0.25) is 9.59 Å². The van der Waals surface area contributed by atoms with Crippen molar-refractivity contribution in [3.8, 4) is 0 Å². The predicted molar refractivity (Wildman–Crippen MR) is 118 cm³/mol. The number of hydrogen-bond donors (Lipinski definition) is 2. The van der Waals surface area contributed by atoms with E-state index < -0.39 is 6.04 Å². The van der Waals surface area contributed by atoms with Crippen LogP contribution in [-0.2, 0) is 11.2 Å². The lowest BCUT2D eigenvalue weighted by molar-refractivity contribution is -0.122. The Morgan fingerprint density at radius 3 is 2.17 bits per heavy atom. The van der Waals surface area contributed by atoms with Crippen LogP contribution in [0.3, 0.4) is 0 Å². The van der Waals surface area contributed by atoms with Gasteiger partial charge >= 0.3 is 0 Å². The average Bonchev–Trinajstić information content (AvgIpc) is 2.76. The molecule has 2 N–H and O–H groups in total. The summed E-state index contributed by atoms with van der Waals surface area (Å²) < 4.78 is 0.963. The lowest BCUT2D eigenvalue weighted by Gasteiger charge is -2.17. The molecule has 6 heteroatoms. The zero-order valence-electron chi connectivity index (χ0n) is 15.6. The molecule has 146 valence electrons. The largest absolute Gasteiger partial charge is 0.340 e. The Labute approximate surface area is 178 Å². The summed E-state index contributed by atoms with van der Waals surface area (Å²) in [4.78, 5) is 25.3. The predicted octanol–water partition coefficient (Wildman–Crippen LogP) is 3.94. The molecule has 0 heterocycles. The van der Waals surface area contributed by atoms with Gasteiger partial charge in [0.2, 0.25) is 0 Å². The number of nitrogens with zero attached hydrogens (tertiary/aromatic N) is 1. The van der Waals surface area contributed by atoms with Gasteiger partial charge < -0.3 is 5.32 Å².